The van der Waals surface area contributed by atoms with Crippen molar-refractivity contribution in [3.05, 3.63) is 23.3 Å². The number of aromatic hydroxyl groups is 1. The number of rotatable bonds is 0. The van der Waals surface area contributed by atoms with E-state index < -0.39 is 23.2 Å². The summed E-state index contributed by atoms with van der Waals surface area (Å²) in [5.74, 6) is 0.610. The summed E-state index contributed by atoms with van der Waals surface area (Å²) >= 11 is 0. The average Bonchev–Trinajstić information content (AvgIpc) is 2.85. The molecule has 2 aliphatic carbocycles. The lowest BCUT2D eigenvalue weighted by atomic mass is 9.49. The van der Waals surface area contributed by atoms with Gasteiger partial charge >= 0.3 is 0 Å². The van der Waals surface area contributed by atoms with Crippen LogP contribution in [0.5, 0.6) is 11.5 Å². The lowest BCUT2D eigenvalue weighted by Gasteiger charge is -2.63. The van der Waals surface area contributed by atoms with Crippen molar-refractivity contribution < 1.29 is 20.1 Å². The average molecular weight is 340 g/mol. The molecule has 6 heteroatoms. The number of hydrogen-bond acceptors (Lipinski definition) is 5. The van der Waals surface area contributed by atoms with E-state index in [0.29, 0.717) is 18.6 Å². The van der Waals surface area contributed by atoms with E-state index in [9.17, 15) is 15.3 Å². The highest BCUT2D eigenvalue weighted by atomic mass is 35.5. The van der Waals surface area contributed by atoms with Crippen LogP contribution in [0.1, 0.15) is 30.4 Å². The topological polar surface area (TPSA) is 73.2 Å². The number of ether oxygens (including phenoxy) is 1. The summed E-state index contributed by atoms with van der Waals surface area (Å²) in [5.41, 5.74) is 0.633. The number of piperidine rings is 1. The van der Waals surface area contributed by atoms with Gasteiger partial charge in [-0.25, -0.2) is 0 Å². The molecule has 3 N–H and O–H groups in total. The Morgan fingerprint density at radius 1 is 1.30 bits per heavy atom. The van der Waals surface area contributed by atoms with Gasteiger partial charge in [0.15, 0.2) is 11.5 Å². The molecule has 0 unspecified atom stereocenters. The molecule has 1 aromatic rings. The van der Waals surface area contributed by atoms with Crippen molar-refractivity contribution in [2.24, 2.45) is 0 Å². The first-order valence-corrected chi connectivity index (χ1v) is 8.12. The van der Waals surface area contributed by atoms with E-state index in [1.165, 1.54) is 0 Å². The minimum Gasteiger partial charge on any atom is -0.504 e. The number of aliphatic hydroxyl groups is 2. The summed E-state index contributed by atoms with van der Waals surface area (Å²) in [6.07, 6.45) is 1.59. The second-order valence-corrected chi connectivity index (χ2v) is 7.44. The quantitative estimate of drug-likeness (QED) is 0.656. The van der Waals surface area contributed by atoms with Gasteiger partial charge in [-0.05, 0) is 50.9 Å². The zero-order chi connectivity index (χ0) is 15.3. The summed E-state index contributed by atoms with van der Waals surface area (Å²) in [6, 6.07) is 3.67. The molecule has 0 amide bonds. The van der Waals surface area contributed by atoms with Gasteiger partial charge in [0.1, 0.15) is 6.10 Å². The summed E-state index contributed by atoms with van der Waals surface area (Å²) < 4.78 is 6.04. The molecule has 2 bridgehead atoms. The highest BCUT2D eigenvalue weighted by Crippen LogP contribution is 2.65. The fourth-order valence-corrected chi connectivity index (χ4v) is 5.73. The van der Waals surface area contributed by atoms with E-state index in [4.69, 9.17) is 4.74 Å². The van der Waals surface area contributed by atoms with Crippen LogP contribution < -0.4 is 4.74 Å². The predicted octanol–water partition coefficient (Wildman–Crippen LogP) is 0.959. The van der Waals surface area contributed by atoms with E-state index in [0.717, 1.165) is 30.5 Å². The smallest absolute Gasteiger partial charge is 0.165 e. The SMILES string of the molecule is CN1CC[C@]23c4c5ccc(O)c4O[C@H]2[C@H](O)CC[C@@]3(O)[C@H]1C5.Cl. The van der Waals surface area contributed by atoms with Crippen molar-refractivity contribution in [3.63, 3.8) is 0 Å². The minimum atomic E-state index is -0.893. The van der Waals surface area contributed by atoms with Crippen LogP contribution in [0.15, 0.2) is 12.1 Å². The van der Waals surface area contributed by atoms with Crippen LogP contribution >= 0.6 is 12.4 Å². The largest absolute Gasteiger partial charge is 0.504 e. The first-order valence-electron chi connectivity index (χ1n) is 8.12. The lowest BCUT2D eigenvalue weighted by Crippen LogP contribution is -2.76. The van der Waals surface area contributed by atoms with Gasteiger partial charge in [0.25, 0.3) is 0 Å². The third-order valence-electron chi connectivity index (χ3n) is 6.70. The molecule has 1 saturated heterocycles. The Kier molecular flexibility index (Phi) is 3.06. The number of phenols is 1. The summed E-state index contributed by atoms with van der Waals surface area (Å²) in [5, 5.41) is 32.4. The van der Waals surface area contributed by atoms with E-state index in [2.05, 4.69) is 11.9 Å². The number of benzene rings is 1. The summed E-state index contributed by atoms with van der Waals surface area (Å²) in [7, 11) is 2.07. The van der Waals surface area contributed by atoms with E-state index in [1.54, 1.807) is 6.07 Å². The fourth-order valence-electron chi connectivity index (χ4n) is 5.73. The summed E-state index contributed by atoms with van der Waals surface area (Å²) in [4.78, 5) is 2.24. The van der Waals surface area contributed by atoms with Gasteiger partial charge in [-0.15, -0.1) is 12.4 Å². The molecule has 23 heavy (non-hydrogen) atoms. The molecule has 2 aliphatic heterocycles. The fraction of sp³-hybridized carbons (Fsp3) is 0.647. The molecule has 1 spiro atoms. The zero-order valence-electron chi connectivity index (χ0n) is 13.0. The number of halogens is 1. The molecule has 4 aliphatic rings. The van der Waals surface area contributed by atoms with Crippen molar-refractivity contribution in [2.75, 3.05) is 13.6 Å². The van der Waals surface area contributed by atoms with Gasteiger partial charge in [0, 0.05) is 11.6 Å². The maximum atomic E-state index is 11.7. The van der Waals surface area contributed by atoms with Gasteiger partial charge in [-0.2, -0.15) is 0 Å². The molecule has 126 valence electrons. The van der Waals surface area contributed by atoms with Crippen molar-refractivity contribution in [1.29, 1.82) is 0 Å². The molecule has 0 radical (unpaired) electrons. The third-order valence-corrected chi connectivity index (χ3v) is 6.70. The Bertz CT molecular complexity index is 683. The molecule has 2 fully saturated rings. The van der Waals surface area contributed by atoms with Crippen LogP contribution in [0.3, 0.4) is 0 Å². The Morgan fingerprint density at radius 2 is 2.09 bits per heavy atom. The predicted molar refractivity (Wildman–Crippen MR) is 86.4 cm³/mol. The third kappa shape index (κ3) is 1.50. The van der Waals surface area contributed by atoms with Crippen LogP contribution in [0.25, 0.3) is 0 Å². The lowest BCUT2D eigenvalue weighted by molar-refractivity contribution is -0.204. The van der Waals surface area contributed by atoms with Crippen molar-refractivity contribution in [1.82, 2.24) is 4.90 Å². The van der Waals surface area contributed by atoms with Crippen LogP contribution in [0.4, 0.5) is 0 Å². The maximum Gasteiger partial charge on any atom is 0.165 e. The van der Waals surface area contributed by atoms with Crippen LogP contribution in [0.2, 0.25) is 0 Å². The molecule has 5 atom stereocenters. The highest BCUT2D eigenvalue weighted by Gasteiger charge is 2.72. The van der Waals surface area contributed by atoms with Crippen molar-refractivity contribution >= 4 is 12.4 Å². The van der Waals surface area contributed by atoms with E-state index in [-0.39, 0.29) is 24.2 Å². The van der Waals surface area contributed by atoms with Crippen LogP contribution in [0, 0.1) is 0 Å². The summed E-state index contributed by atoms with van der Waals surface area (Å²) in [6.45, 7) is 0.869. The standard InChI is InChI=1S/C17H21NO4.ClH/c1-18-7-6-16-13-9-2-3-10(19)14(13)22-15(16)11(20)4-5-17(16,21)12(18)8-9;/h2-3,11-12,15,19-21H,4-8H2,1H3;1H/t11-,12-,15+,16+,17-;/m1./s1. The molecule has 1 saturated carbocycles. The van der Waals surface area contributed by atoms with Gasteiger partial charge in [0.05, 0.1) is 17.1 Å². The van der Waals surface area contributed by atoms with Gasteiger partial charge < -0.3 is 25.0 Å². The van der Waals surface area contributed by atoms with Crippen molar-refractivity contribution in [3.8, 4) is 11.5 Å². The van der Waals surface area contributed by atoms with E-state index in [1.807, 2.05) is 6.07 Å². The molecule has 5 nitrogen and oxygen atoms in total. The van der Waals surface area contributed by atoms with E-state index >= 15 is 0 Å². The molecular weight excluding hydrogens is 318 g/mol. The first-order chi connectivity index (χ1) is 10.5. The zero-order valence-corrected chi connectivity index (χ0v) is 13.8. The number of likely N-dealkylation sites (N-methyl/N-ethyl adjacent to an activating group) is 1. The maximum absolute atomic E-state index is 11.7. The highest BCUT2D eigenvalue weighted by molar-refractivity contribution is 5.85. The van der Waals surface area contributed by atoms with Gasteiger partial charge in [-0.1, -0.05) is 6.07 Å². The molecule has 2 heterocycles. The Balaban J connectivity index is 0.00000135. The first kappa shape index (κ1) is 15.5. The number of phenolic OH excluding ortho intramolecular Hbond substituents is 1. The second kappa shape index (κ2) is 4.54. The molecule has 0 aromatic heterocycles. The number of hydrogen-bond donors (Lipinski definition) is 3. The van der Waals surface area contributed by atoms with Gasteiger partial charge in [0.2, 0.25) is 0 Å². The second-order valence-electron chi connectivity index (χ2n) is 7.44. The van der Waals surface area contributed by atoms with Crippen LogP contribution in [-0.2, 0) is 11.8 Å². The minimum absolute atomic E-state index is 0. The number of likely N-dealkylation sites (tertiary alicyclic amines) is 1. The molecule has 5 rings (SSSR count). The van der Waals surface area contributed by atoms with Gasteiger partial charge in [-0.3, -0.25) is 0 Å². The Morgan fingerprint density at radius 3 is 2.87 bits per heavy atom. The normalized spacial score (nSPS) is 43.3. The molecule has 1 aromatic carbocycles. The molecular formula is C17H22ClNO4. The Labute approximate surface area is 141 Å². The van der Waals surface area contributed by atoms with Crippen LogP contribution in [-0.4, -0.2) is 57.7 Å². The van der Waals surface area contributed by atoms with Crippen molar-refractivity contribution in [2.45, 2.75) is 54.9 Å². The monoisotopic (exact) mass is 339 g/mol. The number of nitrogens with zero attached hydrogens (tertiary/aromatic N) is 1. The Hall–Kier alpha value is -1.01. The number of aliphatic hydroxyl groups excluding tert-OH is 1.